The molecule has 0 saturated heterocycles. The van der Waals surface area contributed by atoms with E-state index < -0.39 is 0 Å². The second-order valence-electron chi connectivity index (χ2n) is 6.03. The minimum atomic E-state index is -0.324. The smallest absolute Gasteiger partial charge is 0.277 e. The fraction of sp³-hybridized carbons (Fsp3) is 0.222. The molecule has 9 heteroatoms. The summed E-state index contributed by atoms with van der Waals surface area (Å²) in [6.07, 6.45) is 0. The van der Waals surface area contributed by atoms with E-state index in [0.717, 1.165) is 11.3 Å². The molecular formula is C18H16Cl2N4O2S. The summed E-state index contributed by atoms with van der Waals surface area (Å²) in [6.45, 7) is 5.39. The molecule has 0 bridgehead atoms. The van der Waals surface area contributed by atoms with Gasteiger partial charge in [0.2, 0.25) is 0 Å². The molecule has 0 unspecified atom stereocenters. The lowest BCUT2D eigenvalue weighted by Gasteiger charge is -2.07. The summed E-state index contributed by atoms with van der Waals surface area (Å²) in [5.41, 5.74) is 2.78. The molecule has 0 spiro atoms. The van der Waals surface area contributed by atoms with Crippen molar-refractivity contribution in [2.75, 3.05) is 5.32 Å². The highest BCUT2D eigenvalue weighted by Gasteiger charge is 2.21. The Bertz CT molecular complexity index is 1120. The molecule has 0 atom stereocenters. The number of nitrogens with one attached hydrogen (secondary N) is 1. The second-order valence-corrected chi connectivity index (χ2v) is 7.84. The topological polar surface area (TPSA) is 76.9 Å². The first-order valence-electron chi connectivity index (χ1n) is 7.97. The monoisotopic (exact) mass is 422 g/mol. The van der Waals surface area contributed by atoms with E-state index >= 15 is 0 Å². The van der Waals surface area contributed by atoms with Crippen molar-refractivity contribution in [3.05, 3.63) is 60.4 Å². The van der Waals surface area contributed by atoms with Crippen molar-refractivity contribution in [1.82, 2.24) is 14.8 Å². The van der Waals surface area contributed by atoms with Crippen LogP contribution in [0.25, 0.3) is 10.6 Å². The number of rotatable bonds is 3. The zero-order valence-electron chi connectivity index (χ0n) is 15.1. The number of hydrogen-bond donors (Lipinski definition) is 1. The number of aryl methyl sites for hydroxylation is 3. The summed E-state index contributed by atoms with van der Waals surface area (Å²) in [5, 5.41) is 8.20. The number of amides is 1. The van der Waals surface area contributed by atoms with E-state index in [4.69, 9.17) is 23.2 Å². The summed E-state index contributed by atoms with van der Waals surface area (Å²) in [6, 6.07) is 4.85. The van der Waals surface area contributed by atoms with Gasteiger partial charge in [0.25, 0.3) is 11.5 Å². The Morgan fingerprint density at radius 3 is 2.52 bits per heavy atom. The molecule has 1 aromatic carbocycles. The van der Waals surface area contributed by atoms with E-state index in [1.807, 2.05) is 13.8 Å². The molecule has 3 rings (SSSR count). The van der Waals surface area contributed by atoms with Gasteiger partial charge in [0.1, 0.15) is 9.88 Å². The minimum absolute atomic E-state index is 0.247. The van der Waals surface area contributed by atoms with Gasteiger partial charge in [-0.15, -0.1) is 11.3 Å². The van der Waals surface area contributed by atoms with Crippen LogP contribution < -0.4 is 10.9 Å². The number of benzene rings is 1. The molecule has 0 fully saturated rings. The first kappa shape index (κ1) is 19.5. The van der Waals surface area contributed by atoms with Gasteiger partial charge >= 0.3 is 0 Å². The lowest BCUT2D eigenvalue weighted by molar-refractivity contribution is 0.103. The summed E-state index contributed by atoms with van der Waals surface area (Å²) in [4.78, 5) is 30.1. The van der Waals surface area contributed by atoms with Crippen molar-refractivity contribution in [3.8, 4) is 10.6 Å². The van der Waals surface area contributed by atoms with Crippen LogP contribution >= 0.6 is 34.5 Å². The number of halogens is 2. The molecule has 140 valence electrons. The van der Waals surface area contributed by atoms with Crippen LogP contribution in [0.1, 0.15) is 26.6 Å². The van der Waals surface area contributed by atoms with Gasteiger partial charge in [-0.3, -0.25) is 9.59 Å². The maximum absolute atomic E-state index is 12.7. The third-order valence-corrected chi connectivity index (χ3v) is 6.03. The molecule has 0 aliphatic carbocycles. The first-order valence-corrected chi connectivity index (χ1v) is 9.55. The van der Waals surface area contributed by atoms with Gasteiger partial charge in [0, 0.05) is 12.7 Å². The van der Waals surface area contributed by atoms with Gasteiger partial charge in [-0.1, -0.05) is 23.2 Å². The maximum Gasteiger partial charge on any atom is 0.277 e. The van der Waals surface area contributed by atoms with Gasteiger partial charge in [0.05, 0.1) is 27.0 Å². The zero-order valence-corrected chi connectivity index (χ0v) is 17.4. The highest BCUT2D eigenvalue weighted by molar-refractivity contribution is 7.17. The summed E-state index contributed by atoms with van der Waals surface area (Å²) in [5.74, 6) is -0.324. The predicted molar refractivity (Wildman–Crippen MR) is 109 cm³/mol. The van der Waals surface area contributed by atoms with Crippen LogP contribution in [0.4, 0.5) is 5.69 Å². The third-order valence-electron chi connectivity index (χ3n) is 4.12. The van der Waals surface area contributed by atoms with Crippen molar-refractivity contribution in [1.29, 1.82) is 0 Å². The average Bonchev–Trinajstić information content (AvgIpc) is 2.98. The number of carbonyl (C=O) groups is 1. The Kier molecular flexibility index (Phi) is 5.37. The number of carbonyl (C=O) groups excluding carboxylic acids is 1. The van der Waals surface area contributed by atoms with Crippen LogP contribution in [0.3, 0.4) is 0 Å². The van der Waals surface area contributed by atoms with E-state index in [1.54, 1.807) is 32.2 Å². The number of aromatic nitrogens is 3. The number of anilines is 1. The Hall–Kier alpha value is -2.22. The van der Waals surface area contributed by atoms with E-state index in [-0.39, 0.29) is 11.5 Å². The van der Waals surface area contributed by atoms with Crippen LogP contribution in [-0.2, 0) is 7.05 Å². The highest BCUT2D eigenvalue weighted by Crippen LogP contribution is 2.30. The number of thiazole rings is 1. The fourth-order valence-electron chi connectivity index (χ4n) is 2.58. The Balaban J connectivity index is 1.99. The van der Waals surface area contributed by atoms with Crippen molar-refractivity contribution in [3.63, 3.8) is 0 Å². The van der Waals surface area contributed by atoms with Crippen LogP contribution in [0.5, 0.6) is 0 Å². The van der Waals surface area contributed by atoms with Crippen molar-refractivity contribution in [2.24, 2.45) is 7.05 Å². The van der Waals surface area contributed by atoms with Crippen molar-refractivity contribution in [2.45, 2.75) is 20.8 Å². The van der Waals surface area contributed by atoms with Gasteiger partial charge in [-0.25, -0.2) is 9.67 Å². The lowest BCUT2D eigenvalue weighted by Crippen LogP contribution is -2.23. The molecule has 6 nitrogen and oxygen atoms in total. The SMILES string of the molecule is Cc1nc(-c2c(C)c(C)nn(C)c2=O)sc1C(=O)Nc1ccc(Cl)c(Cl)c1. The molecule has 3 aromatic rings. The number of hydrogen-bond acceptors (Lipinski definition) is 5. The fourth-order valence-corrected chi connectivity index (χ4v) is 3.93. The van der Waals surface area contributed by atoms with Gasteiger partial charge in [0.15, 0.2) is 0 Å². The normalized spacial score (nSPS) is 10.9. The molecular weight excluding hydrogens is 407 g/mol. The Morgan fingerprint density at radius 2 is 1.85 bits per heavy atom. The summed E-state index contributed by atoms with van der Waals surface area (Å²) < 4.78 is 1.28. The molecule has 27 heavy (non-hydrogen) atoms. The molecule has 0 saturated carbocycles. The zero-order chi connectivity index (χ0) is 19.9. The predicted octanol–water partition coefficient (Wildman–Crippen LogP) is 4.39. The molecule has 1 amide bonds. The van der Waals surface area contributed by atoms with Crippen LogP contribution in [-0.4, -0.2) is 20.7 Å². The van der Waals surface area contributed by atoms with Gasteiger partial charge in [-0.2, -0.15) is 5.10 Å². The Morgan fingerprint density at radius 1 is 1.15 bits per heavy atom. The second kappa shape index (κ2) is 7.42. The standard InChI is InChI=1S/C18H16Cl2N4O2S/c1-8-9(2)23-24(4)18(26)14(8)17-21-10(3)15(27-17)16(25)22-11-5-6-12(19)13(20)7-11/h5-7H,1-4H3,(H,22,25). The summed E-state index contributed by atoms with van der Waals surface area (Å²) in [7, 11) is 1.59. The molecule has 0 radical (unpaired) electrons. The van der Waals surface area contributed by atoms with E-state index in [2.05, 4.69) is 15.4 Å². The average molecular weight is 423 g/mol. The molecule has 0 aliphatic rings. The van der Waals surface area contributed by atoms with E-state index in [1.165, 1.54) is 16.0 Å². The number of nitrogens with zero attached hydrogens (tertiary/aromatic N) is 3. The molecule has 2 aromatic heterocycles. The molecule has 0 aliphatic heterocycles. The molecule has 2 heterocycles. The van der Waals surface area contributed by atoms with Crippen LogP contribution in [0, 0.1) is 20.8 Å². The van der Waals surface area contributed by atoms with Gasteiger partial charge in [-0.05, 0) is 44.5 Å². The van der Waals surface area contributed by atoms with Crippen molar-refractivity contribution >= 4 is 46.1 Å². The Labute approximate surface area is 169 Å². The van der Waals surface area contributed by atoms with Crippen LogP contribution in [0.15, 0.2) is 23.0 Å². The third kappa shape index (κ3) is 3.76. The largest absolute Gasteiger partial charge is 0.321 e. The quantitative estimate of drug-likeness (QED) is 0.678. The lowest BCUT2D eigenvalue weighted by atomic mass is 10.1. The molecule has 1 N–H and O–H groups in total. The highest BCUT2D eigenvalue weighted by atomic mass is 35.5. The maximum atomic E-state index is 12.7. The van der Waals surface area contributed by atoms with Crippen LogP contribution in [0.2, 0.25) is 10.0 Å². The van der Waals surface area contributed by atoms with E-state index in [0.29, 0.717) is 36.9 Å². The van der Waals surface area contributed by atoms with Crippen molar-refractivity contribution < 1.29 is 4.79 Å². The van der Waals surface area contributed by atoms with E-state index in [9.17, 15) is 9.59 Å². The van der Waals surface area contributed by atoms with Gasteiger partial charge < -0.3 is 5.32 Å². The summed E-state index contributed by atoms with van der Waals surface area (Å²) >= 11 is 13.1. The minimum Gasteiger partial charge on any atom is -0.321 e. The first-order chi connectivity index (χ1) is 12.7.